The number of furan rings is 1. The zero-order valence-electron chi connectivity index (χ0n) is 15.1. The summed E-state index contributed by atoms with van der Waals surface area (Å²) in [4.78, 5) is 25.3. The van der Waals surface area contributed by atoms with Crippen LogP contribution in [-0.2, 0) is 6.42 Å². The van der Waals surface area contributed by atoms with Crippen LogP contribution >= 0.6 is 0 Å². The third-order valence-electron chi connectivity index (χ3n) is 4.32. The molecule has 1 N–H and O–H groups in total. The highest BCUT2D eigenvalue weighted by Crippen LogP contribution is 2.09. The number of piperazine rings is 1. The van der Waals surface area contributed by atoms with Gasteiger partial charge in [0, 0.05) is 51.7 Å². The molecule has 1 amide bonds. The normalized spacial score (nSPS) is 15.2. The van der Waals surface area contributed by atoms with E-state index in [2.05, 4.69) is 28.2 Å². The van der Waals surface area contributed by atoms with Crippen molar-refractivity contribution < 1.29 is 9.21 Å². The molecule has 0 spiro atoms. The number of carbonyl (C=O) groups excluding carboxylic acids is 1. The number of aliphatic imine (C=N–C) groups is 1. The van der Waals surface area contributed by atoms with E-state index in [0.29, 0.717) is 25.4 Å². The van der Waals surface area contributed by atoms with Gasteiger partial charge in [-0.1, -0.05) is 6.07 Å². The lowest BCUT2D eigenvalue weighted by atomic mass is 10.2. The number of hydrogen-bond acceptors (Lipinski definition) is 4. The molecule has 7 heteroatoms. The first kappa shape index (κ1) is 18.0. The van der Waals surface area contributed by atoms with Crippen LogP contribution in [-0.4, -0.2) is 65.9 Å². The van der Waals surface area contributed by atoms with Crippen molar-refractivity contribution in [3.8, 4) is 0 Å². The number of amides is 1. The Bertz CT molecular complexity index is 707. The quantitative estimate of drug-likeness (QED) is 0.652. The Labute approximate surface area is 153 Å². The van der Waals surface area contributed by atoms with E-state index in [9.17, 15) is 4.79 Å². The van der Waals surface area contributed by atoms with Crippen molar-refractivity contribution in [3.63, 3.8) is 0 Å². The van der Waals surface area contributed by atoms with Crippen LogP contribution in [0.3, 0.4) is 0 Å². The van der Waals surface area contributed by atoms with Crippen molar-refractivity contribution in [2.24, 2.45) is 4.99 Å². The fourth-order valence-corrected chi connectivity index (χ4v) is 2.94. The average molecular weight is 355 g/mol. The van der Waals surface area contributed by atoms with Crippen molar-refractivity contribution in [2.75, 3.05) is 39.3 Å². The van der Waals surface area contributed by atoms with Gasteiger partial charge in [-0.15, -0.1) is 0 Å². The zero-order chi connectivity index (χ0) is 18.2. The first-order valence-corrected chi connectivity index (χ1v) is 9.03. The molecule has 0 radical (unpaired) electrons. The molecule has 0 aromatic carbocycles. The van der Waals surface area contributed by atoms with Crippen molar-refractivity contribution in [2.45, 2.75) is 13.3 Å². The molecule has 3 rings (SSSR count). The van der Waals surface area contributed by atoms with Crippen molar-refractivity contribution >= 4 is 11.9 Å². The van der Waals surface area contributed by atoms with Gasteiger partial charge >= 0.3 is 0 Å². The Balaban J connectivity index is 1.54. The molecule has 0 bridgehead atoms. The van der Waals surface area contributed by atoms with Crippen LogP contribution in [0.5, 0.6) is 0 Å². The molecule has 138 valence electrons. The smallest absolute Gasteiger partial charge is 0.289 e. The summed E-state index contributed by atoms with van der Waals surface area (Å²) in [6, 6.07) is 7.45. The van der Waals surface area contributed by atoms with E-state index in [1.54, 1.807) is 18.3 Å². The summed E-state index contributed by atoms with van der Waals surface area (Å²) in [5, 5.41) is 3.35. The number of pyridine rings is 1. The van der Waals surface area contributed by atoms with Gasteiger partial charge in [0.15, 0.2) is 11.7 Å². The molecule has 1 saturated heterocycles. The highest BCUT2D eigenvalue weighted by molar-refractivity contribution is 5.91. The third kappa shape index (κ3) is 4.62. The largest absolute Gasteiger partial charge is 0.459 e. The van der Waals surface area contributed by atoms with Crippen molar-refractivity contribution in [1.29, 1.82) is 0 Å². The molecular weight excluding hydrogens is 330 g/mol. The second kappa shape index (κ2) is 9.03. The fraction of sp³-hybridized carbons (Fsp3) is 0.421. The molecule has 1 aliphatic rings. The Morgan fingerprint density at radius 1 is 1.23 bits per heavy atom. The van der Waals surface area contributed by atoms with E-state index in [-0.39, 0.29) is 5.91 Å². The topological polar surface area (TPSA) is 74.0 Å². The zero-order valence-corrected chi connectivity index (χ0v) is 15.1. The minimum atomic E-state index is -0.0480. The summed E-state index contributed by atoms with van der Waals surface area (Å²) in [7, 11) is 0. The van der Waals surface area contributed by atoms with E-state index < -0.39 is 0 Å². The maximum absolute atomic E-state index is 12.4. The predicted octanol–water partition coefficient (Wildman–Crippen LogP) is 1.64. The minimum absolute atomic E-state index is 0.0480. The number of nitrogens with zero attached hydrogens (tertiary/aromatic N) is 4. The van der Waals surface area contributed by atoms with Crippen LogP contribution in [0.15, 0.2) is 52.3 Å². The number of hydrogen-bond donors (Lipinski definition) is 1. The SMILES string of the molecule is CCNC(=NCCc1cccnc1)N1CCN(C(=O)c2ccco2)CC1. The lowest BCUT2D eigenvalue weighted by molar-refractivity contribution is 0.0657. The summed E-state index contributed by atoms with van der Waals surface area (Å²) in [5.74, 6) is 1.25. The molecule has 2 aromatic heterocycles. The maximum Gasteiger partial charge on any atom is 0.289 e. The van der Waals surface area contributed by atoms with E-state index >= 15 is 0 Å². The van der Waals surface area contributed by atoms with Gasteiger partial charge < -0.3 is 19.5 Å². The van der Waals surface area contributed by atoms with E-state index in [1.807, 2.05) is 17.2 Å². The molecule has 0 saturated carbocycles. The molecule has 2 aromatic rings. The molecule has 0 unspecified atom stereocenters. The molecule has 1 aliphatic heterocycles. The summed E-state index contributed by atoms with van der Waals surface area (Å²) in [6.07, 6.45) is 6.04. The number of carbonyl (C=O) groups is 1. The lowest BCUT2D eigenvalue weighted by Gasteiger charge is -2.36. The van der Waals surface area contributed by atoms with Gasteiger partial charge in [0.1, 0.15) is 0 Å². The third-order valence-corrected chi connectivity index (χ3v) is 4.32. The van der Waals surface area contributed by atoms with E-state index in [0.717, 1.165) is 32.0 Å². The summed E-state index contributed by atoms with van der Waals surface area (Å²) >= 11 is 0. The second-order valence-corrected chi connectivity index (χ2v) is 6.10. The number of nitrogens with one attached hydrogen (secondary N) is 1. The number of rotatable bonds is 5. The molecular formula is C19H25N5O2. The van der Waals surface area contributed by atoms with Gasteiger partial charge in [-0.2, -0.15) is 0 Å². The van der Waals surface area contributed by atoms with Gasteiger partial charge in [0.25, 0.3) is 5.91 Å². The molecule has 26 heavy (non-hydrogen) atoms. The first-order valence-electron chi connectivity index (χ1n) is 9.03. The van der Waals surface area contributed by atoms with Crippen LogP contribution in [0, 0.1) is 0 Å². The summed E-state index contributed by atoms with van der Waals surface area (Å²) in [5.41, 5.74) is 1.18. The van der Waals surface area contributed by atoms with Gasteiger partial charge in [-0.05, 0) is 37.1 Å². The second-order valence-electron chi connectivity index (χ2n) is 6.10. The standard InChI is InChI=1S/C19H25N5O2/c1-2-21-19(22-9-7-16-5-3-8-20-15-16)24-12-10-23(11-13-24)18(25)17-6-4-14-26-17/h3-6,8,14-15H,2,7,9-13H2,1H3,(H,21,22). The van der Waals surface area contributed by atoms with Gasteiger partial charge in [0.05, 0.1) is 6.26 Å². The maximum atomic E-state index is 12.4. The Morgan fingerprint density at radius 3 is 2.69 bits per heavy atom. The Kier molecular flexibility index (Phi) is 6.24. The van der Waals surface area contributed by atoms with Crippen LogP contribution in [0.2, 0.25) is 0 Å². The highest BCUT2D eigenvalue weighted by atomic mass is 16.3. The predicted molar refractivity (Wildman–Crippen MR) is 100 cm³/mol. The van der Waals surface area contributed by atoms with Crippen molar-refractivity contribution in [1.82, 2.24) is 20.1 Å². The van der Waals surface area contributed by atoms with E-state index in [4.69, 9.17) is 9.41 Å². The monoisotopic (exact) mass is 355 g/mol. The highest BCUT2D eigenvalue weighted by Gasteiger charge is 2.25. The van der Waals surface area contributed by atoms with Crippen LogP contribution in [0.4, 0.5) is 0 Å². The molecule has 0 aliphatic carbocycles. The van der Waals surface area contributed by atoms with E-state index in [1.165, 1.54) is 11.8 Å². The molecule has 3 heterocycles. The van der Waals surface area contributed by atoms with Gasteiger partial charge in [0.2, 0.25) is 0 Å². The molecule has 7 nitrogen and oxygen atoms in total. The summed E-state index contributed by atoms with van der Waals surface area (Å²) < 4.78 is 5.21. The number of guanidine groups is 1. The van der Waals surface area contributed by atoms with Gasteiger partial charge in [-0.3, -0.25) is 14.8 Å². The van der Waals surface area contributed by atoms with Crippen LogP contribution < -0.4 is 5.32 Å². The fourth-order valence-electron chi connectivity index (χ4n) is 2.94. The lowest BCUT2D eigenvalue weighted by Crippen LogP contribution is -2.53. The minimum Gasteiger partial charge on any atom is -0.459 e. The van der Waals surface area contributed by atoms with Crippen molar-refractivity contribution in [3.05, 3.63) is 54.2 Å². The molecule has 0 atom stereocenters. The first-order chi connectivity index (χ1) is 12.8. The van der Waals surface area contributed by atoms with Crippen LogP contribution in [0.1, 0.15) is 23.0 Å². The average Bonchev–Trinajstić information content (AvgIpc) is 3.23. The number of aromatic nitrogens is 1. The van der Waals surface area contributed by atoms with Gasteiger partial charge in [-0.25, -0.2) is 0 Å². The Morgan fingerprint density at radius 2 is 2.04 bits per heavy atom. The Hall–Kier alpha value is -2.83. The van der Waals surface area contributed by atoms with Crippen LogP contribution in [0.25, 0.3) is 0 Å². The molecule has 1 fully saturated rings. The summed E-state index contributed by atoms with van der Waals surface area (Å²) in [6.45, 7) is 6.42.